The molecule has 4 amide bonds. The zero-order valence-corrected chi connectivity index (χ0v) is 22.4. The summed E-state index contributed by atoms with van der Waals surface area (Å²) in [6.07, 6.45) is -0.272. The molecule has 0 radical (unpaired) electrons. The zero-order chi connectivity index (χ0) is 27.4. The van der Waals surface area contributed by atoms with E-state index in [-0.39, 0.29) is 31.6 Å². The van der Waals surface area contributed by atoms with Crippen molar-refractivity contribution in [2.45, 2.75) is 64.8 Å². The van der Waals surface area contributed by atoms with E-state index in [1.165, 1.54) is 18.9 Å². The van der Waals surface area contributed by atoms with Crippen LogP contribution in [0.5, 0.6) is 0 Å². The monoisotopic (exact) mass is 515 g/mol. The van der Waals surface area contributed by atoms with Crippen LogP contribution in [0.15, 0.2) is 35.4 Å². The molecule has 2 heterocycles. The lowest BCUT2D eigenvalue weighted by Crippen LogP contribution is -2.61. The van der Waals surface area contributed by atoms with Gasteiger partial charge in [0.15, 0.2) is 0 Å². The quantitative estimate of drug-likeness (QED) is 0.542. The summed E-state index contributed by atoms with van der Waals surface area (Å²) in [5.74, 6) is -1.57. The van der Waals surface area contributed by atoms with Gasteiger partial charge in [-0.25, -0.2) is 9.80 Å². The van der Waals surface area contributed by atoms with Crippen LogP contribution in [0, 0.1) is 5.92 Å². The molecule has 37 heavy (non-hydrogen) atoms. The number of amides is 4. The Kier molecular flexibility index (Phi) is 8.57. The maximum absolute atomic E-state index is 13.5. The minimum atomic E-state index is -1.37. The molecule has 2 atom stereocenters. The highest BCUT2D eigenvalue weighted by Crippen LogP contribution is 2.23. The summed E-state index contributed by atoms with van der Waals surface area (Å²) in [7, 11) is 1.60. The van der Waals surface area contributed by atoms with Gasteiger partial charge in [0.05, 0.1) is 24.8 Å². The molecule has 2 aliphatic heterocycles. The van der Waals surface area contributed by atoms with Crippen LogP contribution in [0.3, 0.4) is 0 Å². The van der Waals surface area contributed by atoms with Crippen molar-refractivity contribution in [1.82, 2.24) is 20.5 Å². The van der Waals surface area contributed by atoms with Crippen molar-refractivity contribution in [3.8, 4) is 0 Å². The summed E-state index contributed by atoms with van der Waals surface area (Å²) < 4.78 is 11.1. The van der Waals surface area contributed by atoms with E-state index in [0.29, 0.717) is 13.0 Å². The highest BCUT2D eigenvalue weighted by atomic mass is 16.6. The standard InChI is InChI=1S/C26H37N5O6/c1-25(2,3)37-24(35)28-26(4,5)23(34)27-20(16-36-15-17-10-8-7-9-11-17)22(33)31-13-12-19-18(14-31)21(32)30(6)29-19/h7-11,18,20H,12-16H2,1-6H3,(H,27,34)(H,28,35). The minimum Gasteiger partial charge on any atom is -0.444 e. The first-order chi connectivity index (χ1) is 17.3. The van der Waals surface area contributed by atoms with Crippen LogP contribution in [-0.4, -0.2) is 83.4 Å². The highest BCUT2D eigenvalue weighted by molar-refractivity contribution is 6.09. The number of fused-ring (bicyclic) bond motifs is 1. The zero-order valence-electron chi connectivity index (χ0n) is 22.4. The highest BCUT2D eigenvalue weighted by Gasteiger charge is 2.42. The summed E-state index contributed by atoms with van der Waals surface area (Å²) in [6.45, 7) is 8.94. The normalized spacial score (nSPS) is 18.6. The molecule has 1 fully saturated rings. The summed E-state index contributed by atoms with van der Waals surface area (Å²) >= 11 is 0. The number of carbonyl (C=O) groups excluding carboxylic acids is 4. The van der Waals surface area contributed by atoms with Crippen molar-refractivity contribution in [3.05, 3.63) is 35.9 Å². The topological polar surface area (TPSA) is 130 Å². The van der Waals surface area contributed by atoms with Gasteiger partial charge in [-0.15, -0.1) is 0 Å². The third-order valence-electron chi connectivity index (χ3n) is 6.03. The molecule has 3 rings (SSSR count). The number of rotatable bonds is 8. The Morgan fingerprint density at radius 3 is 2.46 bits per heavy atom. The number of ether oxygens (including phenoxy) is 2. The van der Waals surface area contributed by atoms with Crippen LogP contribution in [0.2, 0.25) is 0 Å². The largest absolute Gasteiger partial charge is 0.444 e. The van der Waals surface area contributed by atoms with Crippen LogP contribution in [0.1, 0.15) is 46.6 Å². The van der Waals surface area contributed by atoms with Gasteiger partial charge in [0.2, 0.25) is 11.8 Å². The van der Waals surface area contributed by atoms with Crippen molar-refractivity contribution in [2.24, 2.45) is 11.0 Å². The molecule has 2 unspecified atom stereocenters. The number of alkyl carbamates (subject to hydrolysis) is 1. The maximum atomic E-state index is 13.5. The first kappa shape index (κ1) is 28.1. The van der Waals surface area contributed by atoms with Gasteiger partial charge in [-0.2, -0.15) is 5.10 Å². The summed E-state index contributed by atoms with van der Waals surface area (Å²) in [6, 6.07) is 8.44. The van der Waals surface area contributed by atoms with Crippen molar-refractivity contribution < 1.29 is 28.7 Å². The number of hydrogen-bond acceptors (Lipinski definition) is 7. The van der Waals surface area contributed by atoms with Gasteiger partial charge in [0, 0.05) is 26.6 Å². The molecule has 1 saturated heterocycles. The molecule has 11 heteroatoms. The first-order valence-corrected chi connectivity index (χ1v) is 12.3. The number of hydrogen-bond donors (Lipinski definition) is 2. The Morgan fingerprint density at radius 2 is 1.81 bits per heavy atom. The van der Waals surface area contributed by atoms with Gasteiger partial charge in [-0.05, 0) is 40.2 Å². The first-order valence-electron chi connectivity index (χ1n) is 12.3. The number of likely N-dealkylation sites (tertiary alicyclic amines) is 1. The van der Waals surface area contributed by atoms with Crippen LogP contribution in [0.4, 0.5) is 4.79 Å². The maximum Gasteiger partial charge on any atom is 0.408 e. The van der Waals surface area contributed by atoms with Crippen molar-refractivity contribution in [3.63, 3.8) is 0 Å². The second-order valence-electron chi connectivity index (χ2n) is 10.8. The van der Waals surface area contributed by atoms with Crippen LogP contribution >= 0.6 is 0 Å². The number of nitrogens with one attached hydrogen (secondary N) is 2. The molecule has 0 saturated carbocycles. The fourth-order valence-corrected chi connectivity index (χ4v) is 4.07. The second kappa shape index (κ2) is 11.3. The van der Waals surface area contributed by atoms with E-state index in [0.717, 1.165) is 11.3 Å². The van der Waals surface area contributed by atoms with Crippen LogP contribution in [0.25, 0.3) is 0 Å². The van der Waals surface area contributed by atoms with E-state index in [4.69, 9.17) is 9.47 Å². The molecule has 11 nitrogen and oxygen atoms in total. The average molecular weight is 516 g/mol. The Morgan fingerprint density at radius 1 is 1.14 bits per heavy atom. The number of carbonyl (C=O) groups is 4. The van der Waals surface area contributed by atoms with Gasteiger partial charge in [0.25, 0.3) is 5.91 Å². The fraction of sp³-hybridized carbons (Fsp3) is 0.577. The molecule has 2 aliphatic rings. The van der Waals surface area contributed by atoms with E-state index < -0.39 is 35.1 Å². The van der Waals surface area contributed by atoms with Crippen molar-refractivity contribution in [1.29, 1.82) is 0 Å². The summed E-state index contributed by atoms with van der Waals surface area (Å²) in [5, 5.41) is 10.9. The van der Waals surface area contributed by atoms with Gasteiger partial charge in [-0.3, -0.25) is 14.4 Å². The van der Waals surface area contributed by atoms with Crippen molar-refractivity contribution in [2.75, 3.05) is 26.7 Å². The molecule has 0 aromatic heterocycles. The predicted molar refractivity (Wildman–Crippen MR) is 136 cm³/mol. The lowest BCUT2D eigenvalue weighted by atomic mass is 9.95. The molecule has 1 aromatic carbocycles. The lowest BCUT2D eigenvalue weighted by molar-refractivity contribution is -0.141. The minimum absolute atomic E-state index is 0.0854. The third-order valence-corrected chi connectivity index (χ3v) is 6.03. The van der Waals surface area contributed by atoms with Crippen LogP contribution in [-0.2, 0) is 30.5 Å². The van der Waals surface area contributed by atoms with E-state index in [1.54, 1.807) is 32.7 Å². The molecule has 2 N–H and O–H groups in total. The third kappa shape index (κ3) is 7.51. The van der Waals surface area contributed by atoms with Crippen LogP contribution < -0.4 is 10.6 Å². The lowest BCUT2D eigenvalue weighted by Gasteiger charge is -2.34. The Balaban J connectivity index is 1.70. The van der Waals surface area contributed by atoms with E-state index >= 15 is 0 Å². The smallest absolute Gasteiger partial charge is 0.408 e. The van der Waals surface area contributed by atoms with Gasteiger partial charge >= 0.3 is 6.09 Å². The van der Waals surface area contributed by atoms with E-state index in [2.05, 4.69) is 15.7 Å². The van der Waals surface area contributed by atoms with Crippen molar-refractivity contribution >= 4 is 29.5 Å². The fourth-order valence-electron chi connectivity index (χ4n) is 4.07. The van der Waals surface area contributed by atoms with Gasteiger partial charge < -0.3 is 25.0 Å². The van der Waals surface area contributed by atoms with E-state index in [9.17, 15) is 19.2 Å². The van der Waals surface area contributed by atoms with Gasteiger partial charge in [0.1, 0.15) is 17.2 Å². The molecule has 0 bridgehead atoms. The molecule has 0 spiro atoms. The number of benzene rings is 1. The van der Waals surface area contributed by atoms with E-state index in [1.807, 2.05) is 30.3 Å². The number of piperidine rings is 1. The Hall–Kier alpha value is -3.47. The molecule has 0 aliphatic carbocycles. The summed E-state index contributed by atoms with van der Waals surface area (Å²) in [4.78, 5) is 53.0. The second-order valence-corrected chi connectivity index (χ2v) is 10.8. The summed E-state index contributed by atoms with van der Waals surface area (Å²) in [5.41, 5.74) is -0.417. The molecular formula is C26H37N5O6. The molecule has 1 aromatic rings. The molecular weight excluding hydrogens is 478 g/mol. The Bertz CT molecular complexity index is 1050. The molecule has 202 valence electrons. The Labute approximate surface area is 217 Å². The number of nitrogens with zero attached hydrogens (tertiary/aromatic N) is 3. The SMILES string of the molecule is CN1N=C2CCN(C(=O)C(COCc3ccccc3)NC(=O)C(C)(C)NC(=O)OC(C)(C)C)CC2C1=O. The van der Waals surface area contributed by atoms with Gasteiger partial charge in [-0.1, -0.05) is 30.3 Å². The average Bonchev–Trinajstić information content (AvgIpc) is 3.09. The number of hydrazone groups is 1. The predicted octanol–water partition coefficient (Wildman–Crippen LogP) is 1.67.